The summed E-state index contributed by atoms with van der Waals surface area (Å²) in [5, 5.41) is 3.83. The topological polar surface area (TPSA) is 54.5 Å². The molecule has 5 nitrogen and oxygen atoms in total. The van der Waals surface area contributed by atoms with Crippen molar-refractivity contribution in [3.8, 4) is 5.75 Å². The van der Waals surface area contributed by atoms with Crippen LogP contribution in [0.15, 0.2) is 24.3 Å². The molecular weight excluding hydrogens is 310 g/mol. The zero-order valence-electron chi connectivity index (χ0n) is 14.2. The maximum absolute atomic E-state index is 12.0. The molecule has 2 aromatic rings. The second-order valence-corrected chi connectivity index (χ2v) is 6.98. The van der Waals surface area contributed by atoms with E-state index >= 15 is 0 Å². The predicted octanol–water partition coefficient (Wildman–Crippen LogP) is 3.89. The van der Waals surface area contributed by atoms with Gasteiger partial charge in [-0.1, -0.05) is 0 Å². The number of rotatable bonds is 5. The lowest BCUT2D eigenvalue weighted by molar-refractivity contribution is 0.245. The van der Waals surface area contributed by atoms with Crippen LogP contribution in [0.25, 0.3) is 0 Å². The maximum atomic E-state index is 12.0. The van der Waals surface area contributed by atoms with Gasteiger partial charge in [-0.15, -0.1) is 11.3 Å². The first-order chi connectivity index (χ1) is 10.9. The zero-order chi connectivity index (χ0) is 17.0. The van der Waals surface area contributed by atoms with Gasteiger partial charge >= 0.3 is 6.03 Å². The monoisotopic (exact) mass is 333 g/mol. The van der Waals surface area contributed by atoms with E-state index in [0.29, 0.717) is 6.61 Å². The molecule has 1 aromatic heterocycles. The number of benzene rings is 1. The normalized spacial score (nSPS) is 10.7. The first-order valence-corrected chi connectivity index (χ1v) is 8.38. The van der Waals surface area contributed by atoms with Crippen LogP contribution in [0.1, 0.15) is 29.4 Å². The number of carbonyl (C=O) groups excluding carboxylic acids is 1. The Morgan fingerprint density at radius 2 is 1.96 bits per heavy atom. The third-order valence-corrected chi connectivity index (χ3v) is 4.42. The molecule has 0 saturated carbocycles. The second kappa shape index (κ2) is 7.46. The van der Waals surface area contributed by atoms with E-state index in [1.165, 1.54) is 4.88 Å². The van der Waals surface area contributed by atoms with Gasteiger partial charge < -0.3 is 10.1 Å². The molecule has 0 atom stereocenters. The number of nitrogens with zero attached hydrogens (tertiary/aromatic N) is 2. The van der Waals surface area contributed by atoms with Gasteiger partial charge in [0.15, 0.2) is 0 Å². The van der Waals surface area contributed by atoms with Gasteiger partial charge in [-0.05, 0) is 52.0 Å². The smallest absolute Gasteiger partial charge is 0.321 e. The lowest BCUT2D eigenvalue weighted by Crippen LogP contribution is -2.40. The molecule has 0 bridgehead atoms. The van der Waals surface area contributed by atoms with Crippen LogP contribution in [0, 0.1) is 13.8 Å². The average Bonchev–Trinajstić information content (AvgIpc) is 2.83. The summed E-state index contributed by atoms with van der Waals surface area (Å²) in [7, 11) is 1.74. The molecule has 1 heterocycles. The Kier molecular flexibility index (Phi) is 5.60. The van der Waals surface area contributed by atoms with Crippen molar-refractivity contribution in [2.24, 2.45) is 0 Å². The summed E-state index contributed by atoms with van der Waals surface area (Å²) < 4.78 is 5.75. The fraction of sp³-hybridized carbons (Fsp3) is 0.412. The quantitative estimate of drug-likeness (QED) is 0.903. The molecule has 6 heteroatoms. The van der Waals surface area contributed by atoms with Gasteiger partial charge in [-0.2, -0.15) is 0 Å². The first kappa shape index (κ1) is 17.3. The number of urea groups is 1. The van der Waals surface area contributed by atoms with Crippen molar-refractivity contribution >= 4 is 23.1 Å². The summed E-state index contributed by atoms with van der Waals surface area (Å²) in [6, 6.07) is 7.45. The van der Waals surface area contributed by atoms with Crippen LogP contribution in [0.4, 0.5) is 10.5 Å². The summed E-state index contributed by atoms with van der Waals surface area (Å²) in [6.45, 7) is 8.39. The van der Waals surface area contributed by atoms with Gasteiger partial charge in [0.25, 0.3) is 0 Å². The molecule has 0 fully saturated rings. The van der Waals surface area contributed by atoms with Crippen molar-refractivity contribution in [1.82, 2.24) is 10.3 Å². The molecule has 0 spiro atoms. The van der Waals surface area contributed by atoms with E-state index in [0.717, 1.165) is 22.1 Å². The van der Waals surface area contributed by atoms with Crippen molar-refractivity contribution < 1.29 is 9.53 Å². The third kappa shape index (κ3) is 4.69. The van der Waals surface area contributed by atoms with Crippen LogP contribution in [-0.4, -0.2) is 24.1 Å². The number of nitrogens with one attached hydrogen (secondary N) is 1. The lowest BCUT2D eigenvalue weighted by atomic mass is 10.3. The van der Waals surface area contributed by atoms with Crippen LogP contribution in [-0.2, 0) is 6.61 Å². The van der Waals surface area contributed by atoms with Crippen LogP contribution < -0.4 is 15.0 Å². The van der Waals surface area contributed by atoms with Gasteiger partial charge in [0.2, 0.25) is 0 Å². The van der Waals surface area contributed by atoms with Crippen molar-refractivity contribution in [2.75, 3.05) is 11.9 Å². The van der Waals surface area contributed by atoms with Crippen molar-refractivity contribution in [3.63, 3.8) is 0 Å². The molecule has 0 radical (unpaired) electrons. The number of aromatic nitrogens is 1. The molecule has 1 N–H and O–H groups in total. The van der Waals surface area contributed by atoms with E-state index in [1.807, 2.05) is 45.0 Å². The van der Waals surface area contributed by atoms with Crippen LogP contribution in [0.5, 0.6) is 5.75 Å². The molecule has 2 rings (SSSR count). The number of amides is 2. The molecule has 0 unspecified atom stereocenters. The number of hydrogen-bond donors (Lipinski definition) is 1. The van der Waals surface area contributed by atoms with E-state index in [9.17, 15) is 4.79 Å². The number of thiazole rings is 1. The molecule has 23 heavy (non-hydrogen) atoms. The van der Waals surface area contributed by atoms with Crippen molar-refractivity contribution in [1.29, 1.82) is 0 Å². The van der Waals surface area contributed by atoms with E-state index < -0.39 is 0 Å². The highest BCUT2D eigenvalue weighted by atomic mass is 32.1. The molecule has 0 aliphatic rings. The summed E-state index contributed by atoms with van der Waals surface area (Å²) in [5.41, 5.74) is 1.87. The average molecular weight is 333 g/mol. The van der Waals surface area contributed by atoms with Crippen LogP contribution in [0.2, 0.25) is 0 Å². The van der Waals surface area contributed by atoms with Gasteiger partial charge in [0.05, 0.1) is 5.69 Å². The Balaban J connectivity index is 1.95. The number of aryl methyl sites for hydroxylation is 2. The molecule has 0 aliphatic carbocycles. The molecule has 124 valence electrons. The van der Waals surface area contributed by atoms with E-state index in [2.05, 4.69) is 17.2 Å². The summed E-state index contributed by atoms with van der Waals surface area (Å²) in [4.78, 5) is 19.2. The van der Waals surface area contributed by atoms with Crippen molar-refractivity contribution in [2.45, 2.75) is 40.3 Å². The standard InChI is InChI=1S/C17H23N3O2S/c1-11(2)18-17(21)20(5)14-6-8-15(9-7-14)22-10-16-19-12(3)13(4)23-16/h6-9,11H,10H2,1-5H3,(H,18,21). The highest BCUT2D eigenvalue weighted by molar-refractivity contribution is 7.11. The first-order valence-electron chi connectivity index (χ1n) is 7.57. The summed E-state index contributed by atoms with van der Waals surface area (Å²) >= 11 is 1.65. The summed E-state index contributed by atoms with van der Waals surface area (Å²) in [6.07, 6.45) is 0. The Morgan fingerprint density at radius 1 is 1.30 bits per heavy atom. The molecule has 0 saturated heterocycles. The number of hydrogen-bond acceptors (Lipinski definition) is 4. The summed E-state index contributed by atoms with van der Waals surface area (Å²) in [5.74, 6) is 0.761. The van der Waals surface area contributed by atoms with E-state index in [1.54, 1.807) is 23.3 Å². The van der Waals surface area contributed by atoms with Gasteiger partial charge in [-0.25, -0.2) is 9.78 Å². The number of anilines is 1. The SMILES string of the molecule is Cc1nc(COc2ccc(N(C)C(=O)NC(C)C)cc2)sc1C. The van der Waals surface area contributed by atoms with Crippen molar-refractivity contribution in [3.05, 3.63) is 39.8 Å². The minimum atomic E-state index is -0.123. The fourth-order valence-corrected chi connectivity index (χ4v) is 2.82. The highest BCUT2D eigenvalue weighted by Gasteiger charge is 2.11. The Morgan fingerprint density at radius 3 is 2.48 bits per heavy atom. The van der Waals surface area contributed by atoms with Crippen LogP contribution >= 0.6 is 11.3 Å². The minimum absolute atomic E-state index is 0.109. The van der Waals surface area contributed by atoms with Gasteiger partial charge in [0, 0.05) is 23.7 Å². The fourth-order valence-electron chi connectivity index (χ4n) is 1.97. The molecule has 2 amide bonds. The maximum Gasteiger partial charge on any atom is 0.321 e. The highest BCUT2D eigenvalue weighted by Crippen LogP contribution is 2.21. The second-order valence-electron chi connectivity index (χ2n) is 5.69. The molecular formula is C17H23N3O2S. The Bertz CT molecular complexity index is 645. The Hall–Kier alpha value is -2.08. The third-order valence-electron chi connectivity index (χ3n) is 3.38. The van der Waals surface area contributed by atoms with Gasteiger partial charge in [0.1, 0.15) is 17.4 Å². The van der Waals surface area contributed by atoms with Gasteiger partial charge in [-0.3, -0.25) is 4.90 Å². The predicted molar refractivity (Wildman–Crippen MR) is 94.4 cm³/mol. The van der Waals surface area contributed by atoms with E-state index in [4.69, 9.17) is 4.74 Å². The largest absolute Gasteiger partial charge is 0.486 e. The zero-order valence-corrected chi connectivity index (χ0v) is 15.0. The molecule has 0 aliphatic heterocycles. The van der Waals surface area contributed by atoms with Crippen LogP contribution in [0.3, 0.4) is 0 Å². The Labute approximate surface area is 141 Å². The molecule has 1 aromatic carbocycles. The number of ether oxygens (including phenoxy) is 1. The lowest BCUT2D eigenvalue weighted by Gasteiger charge is -2.20. The minimum Gasteiger partial charge on any atom is -0.486 e. The van der Waals surface area contributed by atoms with E-state index in [-0.39, 0.29) is 12.1 Å². The number of carbonyl (C=O) groups is 1.